The minimum atomic E-state index is -0.758. The molecule has 1 fully saturated rings. The van der Waals surface area contributed by atoms with E-state index < -0.39 is 24.3 Å². The van der Waals surface area contributed by atoms with E-state index in [-0.39, 0.29) is 18.3 Å². The van der Waals surface area contributed by atoms with Gasteiger partial charge in [0.25, 0.3) is 0 Å². The lowest BCUT2D eigenvalue weighted by atomic mass is 9.84. The normalized spacial score (nSPS) is 26.7. The van der Waals surface area contributed by atoms with E-state index in [1.807, 2.05) is 6.07 Å². The van der Waals surface area contributed by atoms with Crippen molar-refractivity contribution >= 4 is 5.97 Å². The lowest BCUT2D eigenvalue weighted by Gasteiger charge is -2.24. The van der Waals surface area contributed by atoms with Crippen LogP contribution in [0.5, 0.6) is 0 Å². The van der Waals surface area contributed by atoms with Crippen LogP contribution in [-0.4, -0.2) is 43.6 Å². The predicted octanol–water partition coefficient (Wildman–Crippen LogP) is 2.68. The molecule has 0 aliphatic heterocycles. The molecule has 0 bridgehead atoms. The van der Waals surface area contributed by atoms with Crippen LogP contribution >= 0.6 is 0 Å². The molecule has 26 heavy (non-hydrogen) atoms. The second kappa shape index (κ2) is 10.6. The Morgan fingerprint density at radius 3 is 2.46 bits per heavy atom. The van der Waals surface area contributed by atoms with Crippen molar-refractivity contribution in [3.8, 4) is 0 Å². The van der Waals surface area contributed by atoms with Crippen LogP contribution in [0.4, 0.5) is 0 Å². The molecule has 146 valence electrons. The molecule has 1 aliphatic carbocycles. The van der Waals surface area contributed by atoms with Crippen LogP contribution in [0, 0.1) is 11.8 Å². The molecule has 1 aliphatic rings. The van der Waals surface area contributed by atoms with Crippen molar-refractivity contribution in [1.82, 2.24) is 4.98 Å². The summed E-state index contributed by atoms with van der Waals surface area (Å²) in [5.74, 6) is -0.715. The summed E-state index contributed by atoms with van der Waals surface area (Å²) in [5.41, 5.74) is 0.774. The van der Waals surface area contributed by atoms with E-state index in [2.05, 4.69) is 4.98 Å². The smallest absolute Gasteiger partial charge is 0.303 e. The fourth-order valence-corrected chi connectivity index (χ4v) is 4.08. The van der Waals surface area contributed by atoms with Gasteiger partial charge in [-0.2, -0.15) is 0 Å². The van der Waals surface area contributed by atoms with Gasteiger partial charge in [-0.25, -0.2) is 0 Å². The van der Waals surface area contributed by atoms with E-state index in [4.69, 9.17) is 5.11 Å². The molecule has 0 aromatic carbocycles. The number of aliphatic hydroxyl groups excluding tert-OH is 3. The van der Waals surface area contributed by atoms with Gasteiger partial charge in [-0.1, -0.05) is 25.3 Å². The van der Waals surface area contributed by atoms with Crippen molar-refractivity contribution < 1.29 is 25.2 Å². The number of nitrogens with zero attached hydrogens (tertiary/aromatic N) is 1. The summed E-state index contributed by atoms with van der Waals surface area (Å²) in [4.78, 5) is 14.5. The SMILES string of the molecule is O=C(O)CCCCCC[C@@H]1[C@@H](CCC(O)c2cccnc2)[C@H](O)C[C@@H]1O. The number of unbranched alkanes of at least 4 members (excludes halogenated alkanes) is 3. The molecule has 2 rings (SSSR count). The van der Waals surface area contributed by atoms with Gasteiger partial charge in [-0.3, -0.25) is 9.78 Å². The highest BCUT2D eigenvalue weighted by molar-refractivity contribution is 5.66. The molecule has 0 spiro atoms. The molecule has 1 saturated carbocycles. The summed E-state index contributed by atoms with van der Waals surface area (Å²) in [5, 5.41) is 39.5. The van der Waals surface area contributed by atoms with E-state index in [1.54, 1.807) is 18.5 Å². The fraction of sp³-hybridized carbons (Fsp3) is 0.700. The Morgan fingerprint density at radius 1 is 1.12 bits per heavy atom. The molecule has 1 aromatic rings. The maximum absolute atomic E-state index is 10.5. The van der Waals surface area contributed by atoms with E-state index in [1.165, 1.54) is 0 Å². The van der Waals surface area contributed by atoms with Gasteiger partial charge in [0, 0.05) is 18.8 Å². The Balaban J connectivity index is 1.76. The number of carbonyl (C=O) groups is 1. The highest BCUT2D eigenvalue weighted by Crippen LogP contribution is 2.40. The first-order valence-electron chi connectivity index (χ1n) is 9.65. The number of hydrogen-bond acceptors (Lipinski definition) is 5. The van der Waals surface area contributed by atoms with Crippen molar-refractivity contribution in [3.63, 3.8) is 0 Å². The standard InChI is InChI=1S/C20H31NO5/c22-17(14-6-5-11-21-13-14)10-9-16-15(18(23)12-19(16)24)7-3-1-2-4-8-20(25)26/h5-6,11,13,15-19,22-24H,1-4,7-10,12H2,(H,25,26)/t15-,16-,17?,18+,19-/m1/s1. The van der Waals surface area contributed by atoms with Crippen molar-refractivity contribution in [3.05, 3.63) is 30.1 Å². The molecule has 1 aromatic heterocycles. The van der Waals surface area contributed by atoms with Crippen LogP contribution in [0.1, 0.15) is 69.5 Å². The van der Waals surface area contributed by atoms with Crippen molar-refractivity contribution in [1.29, 1.82) is 0 Å². The number of pyridine rings is 1. The van der Waals surface area contributed by atoms with Gasteiger partial charge >= 0.3 is 5.97 Å². The molecule has 6 nitrogen and oxygen atoms in total. The van der Waals surface area contributed by atoms with Crippen LogP contribution in [-0.2, 0) is 4.79 Å². The maximum atomic E-state index is 10.5. The predicted molar refractivity (Wildman–Crippen MR) is 97.4 cm³/mol. The zero-order valence-corrected chi connectivity index (χ0v) is 15.2. The van der Waals surface area contributed by atoms with Crippen molar-refractivity contribution in [2.45, 2.75) is 76.1 Å². The Bertz CT molecular complexity index is 538. The highest BCUT2D eigenvalue weighted by atomic mass is 16.4. The number of carboxylic acids is 1. The number of carboxylic acid groups (broad SMARTS) is 1. The largest absolute Gasteiger partial charge is 0.481 e. The van der Waals surface area contributed by atoms with Gasteiger partial charge in [0.2, 0.25) is 0 Å². The number of aliphatic hydroxyl groups is 3. The molecule has 1 heterocycles. The zero-order chi connectivity index (χ0) is 18.9. The molecule has 0 radical (unpaired) electrons. The second-order valence-corrected chi connectivity index (χ2v) is 7.42. The van der Waals surface area contributed by atoms with Crippen LogP contribution in [0.15, 0.2) is 24.5 Å². The Hall–Kier alpha value is -1.50. The molecular weight excluding hydrogens is 334 g/mol. The number of rotatable bonds is 11. The molecule has 6 heteroatoms. The molecule has 1 unspecified atom stereocenters. The number of aromatic nitrogens is 1. The molecular formula is C20H31NO5. The Labute approximate surface area is 154 Å². The van der Waals surface area contributed by atoms with Crippen LogP contribution in [0.2, 0.25) is 0 Å². The Morgan fingerprint density at radius 2 is 1.81 bits per heavy atom. The van der Waals surface area contributed by atoms with Crippen molar-refractivity contribution in [2.75, 3.05) is 0 Å². The average molecular weight is 365 g/mol. The molecule has 5 atom stereocenters. The summed E-state index contributed by atoms with van der Waals surface area (Å²) in [6.07, 6.45) is 7.77. The van der Waals surface area contributed by atoms with Gasteiger partial charge < -0.3 is 20.4 Å². The number of aliphatic carboxylic acids is 1. The minimum Gasteiger partial charge on any atom is -0.481 e. The maximum Gasteiger partial charge on any atom is 0.303 e. The molecule has 4 N–H and O–H groups in total. The summed E-state index contributed by atoms with van der Waals surface area (Å²) >= 11 is 0. The average Bonchev–Trinajstić information content (AvgIpc) is 2.89. The highest BCUT2D eigenvalue weighted by Gasteiger charge is 2.40. The Kier molecular flexibility index (Phi) is 8.48. The third kappa shape index (κ3) is 6.34. The lowest BCUT2D eigenvalue weighted by Crippen LogP contribution is -2.23. The lowest BCUT2D eigenvalue weighted by molar-refractivity contribution is -0.137. The van der Waals surface area contributed by atoms with Gasteiger partial charge in [0.1, 0.15) is 0 Å². The molecule has 0 saturated heterocycles. The van der Waals surface area contributed by atoms with Crippen LogP contribution < -0.4 is 0 Å². The third-order valence-corrected chi connectivity index (χ3v) is 5.54. The minimum absolute atomic E-state index is 0.00431. The fourth-order valence-electron chi connectivity index (χ4n) is 4.08. The van der Waals surface area contributed by atoms with Crippen molar-refractivity contribution in [2.24, 2.45) is 11.8 Å². The van der Waals surface area contributed by atoms with Crippen LogP contribution in [0.3, 0.4) is 0 Å². The third-order valence-electron chi connectivity index (χ3n) is 5.54. The van der Waals surface area contributed by atoms with E-state index in [9.17, 15) is 20.1 Å². The zero-order valence-electron chi connectivity index (χ0n) is 15.2. The first-order chi connectivity index (χ1) is 12.5. The summed E-state index contributed by atoms with van der Waals surface area (Å²) in [6, 6.07) is 3.63. The topological polar surface area (TPSA) is 111 Å². The summed E-state index contributed by atoms with van der Waals surface area (Å²) in [7, 11) is 0. The van der Waals surface area contributed by atoms with Crippen LogP contribution in [0.25, 0.3) is 0 Å². The van der Waals surface area contributed by atoms with Gasteiger partial charge in [-0.15, -0.1) is 0 Å². The van der Waals surface area contributed by atoms with E-state index in [0.29, 0.717) is 25.7 Å². The number of hydrogen-bond donors (Lipinski definition) is 4. The first-order valence-corrected chi connectivity index (χ1v) is 9.65. The quantitative estimate of drug-likeness (QED) is 0.449. The second-order valence-electron chi connectivity index (χ2n) is 7.42. The van der Waals surface area contributed by atoms with E-state index >= 15 is 0 Å². The van der Waals surface area contributed by atoms with Gasteiger partial charge in [0.05, 0.1) is 18.3 Å². The summed E-state index contributed by atoms with van der Waals surface area (Å²) < 4.78 is 0. The molecule has 0 amide bonds. The first kappa shape index (κ1) is 20.8. The van der Waals surface area contributed by atoms with Gasteiger partial charge in [-0.05, 0) is 55.6 Å². The summed E-state index contributed by atoms with van der Waals surface area (Å²) in [6.45, 7) is 0. The monoisotopic (exact) mass is 365 g/mol. The van der Waals surface area contributed by atoms with E-state index in [0.717, 1.165) is 31.2 Å². The van der Waals surface area contributed by atoms with Gasteiger partial charge in [0.15, 0.2) is 0 Å².